The van der Waals surface area contributed by atoms with E-state index in [1.54, 1.807) is 30.7 Å². The number of methoxy groups -OCH3 is 1. The predicted octanol–water partition coefficient (Wildman–Crippen LogP) is 3.10. The van der Waals surface area contributed by atoms with Crippen LogP contribution in [-0.2, 0) is 11.2 Å². The number of halogens is 1. The van der Waals surface area contributed by atoms with Gasteiger partial charge in [-0.25, -0.2) is 4.98 Å². The largest absolute Gasteiger partial charge is 0.496 e. The summed E-state index contributed by atoms with van der Waals surface area (Å²) in [6.07, 6.45) is -0.0839. The van der Waals surface area contributed by atoms with Crippen molar-refractivity contribution in [3.63, 3.8) is 0 Å². The maximum atomic E-state index is 10.6. The first kappa shape index (κ1) is 12.9. The molecule has 0 fully saturated rings. The molecule has 0 saturated carbocycles. The molecule has 1 aromatic heterocycles. The van der Waals surface area contributed by atoms with Crippen molar-refractivity contribution in [1.82, 2.24) is 4.98 Å². The summed E-state index contributed by atoms with van der Waals surface area (Å²) in [6.45, 7) is 0. The lowest BCUT2D eigenvalue weighted by Gasteiger charge is -2.05. The van der Waals surface area contributed by atoms with Gasteiger partial charge in [-0.3, -0.25) is 4.79 Å². The lowest BCUT2D eigenvalue weighted by atomic mass is 10.2. The molecule has 94 valence electrons. The molecule has 0 atom stereocenters. The van der Waals surface area contributed by atoms with Crippen molar-refractivity contribution in [1.29, 1.82) is 0 Å². The van der Waals surface area contributed by atoms with E-state index in [-0.39, 0.29) is 6.42 Å². The molecule has 1 N–H and O–H groups in total. The Morgan fingerprint density at radius 3 is 3.00 bits per heavy atom. The molecular formula is C12H10ClNO3S. The molecule has 1 heterocycles. The fourth-order valence-electron chi connectivity index (χ4n) is 1.51. The molecule has 0 aliphatic rings. The van der Waals surface area contributed by atoms with Gasteiger partial charge >= 0.3 is 5.97 Å². The highest BCUT2D eigenvalue weighted by Gasteiger charge is 2.12. The number of carboxylic acid groups (broad SMARTS) is 1. The molecule has 2 rings (SSSR count). The van der Waals surface area contributed by atoms with Crippen molar-refractivity contribution in [2.75, 3.05) is 7.11 Å². The standard InChI is InChI=1S/C12H10ClNO3S/c1-17-10-3-2-7(13)4-9(10)12-14-8(6-18-12)5-11(15)16/h2-4,6H,5H2,1H3,(H,15,16). The van der Waals surface area contributed by atoms with E-state index < -0.39 is 5.97 Å². The molecule has 18 heavy (non-hydrogen) atoms. The van der Waals surface area contributed by atoms with Crippen LogP contribution in [0.2, 0.25) is 5.02 Å². The zero-order valence-electron chi connectivity index (χ0n) is 9.51. The minimum Gasteiger partial charge on any atom is -0.496 e. The highest BCUT2D eigenvalue weighted by molar-refractivity contribution is 7.13. The quantitative estimate of drug-likeness (QED) is 0.937. The summed E-state index contributed by atoms with van der Waals surface area (Å²) in [5, 5.41) is 11.7. The Balaban J connectivity index is 2.38. The number of nitrogens with zero attached hydrogens (tertiary/aromatic N) is 1. The molecule has 0 amide bonds. The second-order valence-corrected chi connectivity index (χ2v) is 4.85. The minimum absolute atomic E-state index is 0.0839. The third-order valence-corrected chi connectivity index (χ3v) is 3.44. The number of aliphatic carboxylic acids is 1. The molecule has 0 saturated heterocycles. The van der Waals surface area contributed by atoms with E-state index >= 15 is 0 Å². The number of hydrogen-bond donors (Lipinski definition) is 1. The van der Waals surface area contributed by atoms with Gasteiger partial charge in [0.25, 0.3) is 0 Å². The van der Waals surface area contributed by atoms with Crippen LogP contribution in [0.3, 0.4) is 0 Å². The molecule has 0 aliphatic heterocycles. The Labute approximate surface area is 113 Å². The van der Waals surface area contributed by atoms with Crippen LogP contribution in [0.5, 0.6) is 5.75 Å². The first-order valence-electron chi connectivity index (χ1n) is 5.10. The fourth-order valence-corrected chi connectivity index (χ4v) is 2.53. The van der Waals surface area contributed by atoms with Gasteiger partial charge in [-0.2, -0.15) is 0 Å². The molecule has 6 heteroatoms. The van der Waals surface area contributed by atoms with Crippen LogP contribution in [0.15, 0.2) is 23.6 Å². The Kier molecular flexibility index (Phi) is 3.84. The SMILES string of the molecule is COc1ccc(Cl)cc1-c1nc(CC(=O)O)cs1. The number of rotatable bonds is 4. The summed E-state index contributed by atoms with van der Waals surface area (Å²) in [5.74, 6) is -0.236. The number of aromatic nitrogens is 1. The van der Waals surface area contributed by atoms with Crippen LogP contribution in [0.4, 0.5) is 0 Å². The normalized spacial score (nSPS) is 10.3. The predicted molar refractivity (Wildman–Crippen MR) is 70.5 cm³/mol. The Morgan fingerprint density at radius 1 is 1.56 bits per heavy atom. The van der Waals surface area contributed by atoms with E-state index in [2.05, 4.69) is 4.98 Å². The van der Waals surface area contributed by atoms with Gasteiger partial charge in [-0.1, -0.05) is 11.6 Å². The van der Waals surface area contributed by atoms with Crippen molar-refractivity contribution in [3.8, 4) is 16.3 Å². The van der Waals surface area contributed by atoms with Gasteiger partial charge < -0.3 is 9.84 Å². The van der Waals surface area contributed by atoms with Crippen LogP contribution >= 0.6 is 22.9 Å². The maximum Gasteiger partial charge on any atom is 0.309 e. The van der Waals surface area contributed by atoms with Crippen molar-refractivity contribution in [2.24, 2.45) is 0 Å². The van der Waals surface area contributed by atoms with Gasteiger partial charge in [0.05, 0.1) is 24.8 Å². The molecule has 4 nitrogen and oxygen atoms in total. The van der Waals surface area contributed by atoms with Crippen LogP contribution in [-0.4, -0.2) is 23.2 Å². The van der Waals surface area contributed by atoms with Gasteiger partial charge in [0, 0.05) is 10.4 Å². The number of carbonyl (C=O) groups is 1. The minimum atomic E-state index is -0.898. The number of carboxylic acids is 1. The smallest absolute Gasteiger partial charge is 0.309 e. The van der Waals surface area contributed by atoms with E-state index in [1.807, 2.05) is 0 Å². The summed E-state index contributed by atoms with van der Waals surface area (Å²) in [6, 6.07) is 5.25. The monoisotopic (exact) mass is 283 g/mol. The lowest BCUT2D eigenvalue weighted by Crippen LogP contribution is -2.00. The number of ether oxygens (including phenoxy) is 1. The van der Waals surface area contributed by atoms with Crippen LogP contribution in [0, 0.1) is 0 Å². The molecular weight excluding hydrogens is 274 g/mol. The average molecular weight is 284 g/mol. The third-order valence-electron chi connectivity index (χ3n) is 2.28. The second-order valence-electron chi connectivity index (χ2n) is 3.56. The Bertz CT molecular complexity index is 582. The maximum absolute atomic E-state index is 10.6. The lowest BCUT2D eigenvalue weighted by molar-refractivity contribution is -0.136. The van der Waals surface area contributed by atoms with Gasteiger partial charge in [-0.05, 0) is 18.2 Å². The number of benzene rings is 1. The molecule has 0 unspecified atom stereocenters. The van der Waals surface area contributed by atoms with Crippen molar-refractivity contribution in [2.45, 2.75) is 6.42 Å². The molecule has 0 radical (unpaired) electrons. The summed E-state index contributed by atoms with van der Waals surface area (Å²) in [7, 11) is 1.57. The van der Waals surface area contributed by atoms with Crippen molar-refractivity contribution < 1.29 is 14.6 Å². The molecule has 0 spiro atoms. The first-order chi connectivity index (χ1) is 8.60. The van der Waals surface area contributed by atoms with E-state index in [0.717, 1.165) is 5.56 Å². The third kappa shape index (κ3) is 2.80. The molecule has 0 bridgehead atoms. The van der Waals surface area contributed by atoms with E-state index in [9.17, 15) is 4.79 Å². The van der Waals surface area contributed by atoms with E-state index in [0.29, 0.717) is 21.5 Å². The van der Waals surface area contributed by atoms with E-state index in [4.69, 9.17) is 21.4 Å². The van der Waals surface area contributed by atoms with Gasteiger partial charge in [0.2, 0.25) is 0 Å². The summed E-state index contributed by atoms with van der Waals surface area (Å²) < 4.78 is 5.24. The van der Waals surface area contributed by atoms with Gasteiger partial charge in [0.1, 0.15) is 10.8 Å². The molecule has 1 aromatic carbocycles. The summed E-state index contributed by atoms with van der Waals surface area (Å²) in [4.78, 5) is 14.9. The summed E-state index contributed by atoms with van der Waals surface area (Å²) in [5.41, 5.74) is 1.30. The highest BCUT2D eigenvalue weighted by atomic mass is 35.5. The molecule has 2 aromatic rings. The number of thiazole rings is 1. The number of hydrogen-bond acceptors (Lipinski definition) is 4. The zero-order valence-corrected chi connectivity index (χ0v) is 11.1. The Hall–Kier alpha value is -1.59. The first-order valence-corrected chi connectivity index (χ1v) is 6.36. The molecule has 0 aliphatic carbocycles. The highest BCUT2D eigenvalue weighted by Crippen LogP contribution is 2.34. The van der Waals surface area contributed by atoms with E-state index in [1.165, 1.54) is 11.3 Å². The summed E-state index contributed by atoms with van der Waals surface area (Å²) >= 11 is 7.31. The van der Waals surface area contributed by atoms with Crippen LogP contribution < -0.4 is 4.74 Å². The second kappa shape index (κ2) is 5.37. The van der Waals surface area contributed by atoms with Gasteiger partial charge in [-0.15, -0.1) is 11.3 Å². The van der Waals surface area contributed by atoms with Crippen molar-refractivity contribution >= 4 is 28.9 Å². The topological polar surface area (TPSA) is 59.4 Å². The van der Waals surface area contributed by atoms with Crippen LogP contribution in [0.25, 0.3) is 10.6 Å². The fraction of sp³-hybridized carbons (Fsp3) is 0.167. The zero-order chi connectivity index (χ0) is 13.1. The van der Waals surface area contributed by atoms with Crippen LogP contribution in [0.1, 0.15) is 5.69 Å². The average Bonchev–Trinajstić information content (AvgIpc) is 2.76. The Morgan fingerprint density at radius 2 is 2.33 bits per heavy atom. The van der Waals surface area contributed by atoms with Crippen molar-refractivity contribution in [3.05, 3.63) is 34.3 Å². The van der Waals surface area contributed by atoms with Gasteiger partial charge in [0.15, 0.2) is 0 Å².